The molecule has 21 heavy (non-hydrogen) atoms. The number of carbonyl (C=O) groups is 3. The molecule has 0 radical (unpaired) electrons. The maximum atomic E-state index is 12.2. The minimum absolute atomic E-state index is 0. The molecule has 0 saturated carbocycles. The fraction of sp³-hybridized carbons (Fsp3) is 0. The van der Waals surface area contributed by atoms with E-state index in [2.05, 4.69) is 0 Å². The molecule has 0 aromatic heterocycles. The molecule has 0 spiro atoms. The number of imide groups is 1. The van der Waals surface area contributed by atoms with Crippen LogP contribution in [0.3, 0.4) is 0 Å². The van der Waals surface area contributed by atoms with Gasteiger partial charge in [-0.2, -0.15) is 0 Å². The Kier molecular flexibility index (Phi) is 4.75. The summed E-state index contributed by atoms with van der Waals surface area (Å²) < 4.78 is 0. The van der Waals surface area contributed by atoms with E-state index < -0.39 is 17.8 Å². The van der Waals surface area contributed by atoms with Crippen LogP contribution in [-0.4, -0.2) is 17.8 Å². The largest absolute Gasteiger partial charge is 1.00 e. The van der Waals surface area contributed by atoms with Gasteiger partial charge in [0.25, 0.3) is 11.8 Å². The fourth-order valence-corrected chi connectivity index (χ4v) is 2.17. The van der Waals surface area contributed by atoms with E-state index in [1.54, 1.807) is 24.3 Å². The number of anilines is 1. The normalized spacial score (nSPS) is 12.9. The van der Waals surface area contributed by atoms with Crippen LogP contribution in [0.25, 0.3) is 0 Å². The van der Waals surface area contributed by atoms with Crippen LogP contribution in [0.2, 0.25) is 0 Å². The summed E-state index contributed by atoms with van der Waals surface area (Å²) in [7, 11) is 0. The second-order valence-corrected chi connectivity index (χ2v) is 4.33. The second kappa shape index (κ2) is 6.21. The van der Waals surface area contributed by atoms with E-state index >= 15 is 0 Å². The summed E-state index contributed by atoms with van der Waals surface area (Å²) in [6.45, 7) is 0. The van der Waals surface area contributed by atoms with E-state index in [0.29, 0.717) is 16.8 Å². The summed E-state index contributed by atoms with van der Waals surface area (Å²) in [6.07, 6.45) is 0. The van der Waals surface area contributed by atoms with Gasteiger partial charge in [0.2, 0.25) is 0 Å². The smallest absolute Gasteiger partial charge is 0.545 e. The number of carboxylic acids is 1. The molecule has 98 valence electrons. The van der Waals surface area contributed by atoms with Crippen molar-refractivity contribution in [1.29, 1.82) is 0 Å². The number of hydrogen-bond acceptors (Lipinski definition) is 4. The first kappa shape index (κ1) is 16.1. The summed E-state index contributed by atoms with van der Waals surface area (Å²) in [6, 6.07) is 12.0. The average molecular weight is 305 g/mol. The van der Waals surface area contributed by atoms with Gasteiger partial charge in [0.1, 0.15) is 0 Å². The van der Waals surface area contributed by atoms with E-state index in [1.165, 1.54) is 24.3 Å². The van der Waals surface area contributed by atoms with Gasteiger partial charge in [-0.05, 0) is 29.8 Å². The Labute approximate surface area is 163 Å². The molecule has 2 aromatic rings. The summed E-state index contributed by atoms with van der Waals surface area (Å²) in [4.78, 5) is 36.1. The van der Waals surface area contributed by atoms with Crippen LogP contribution in [0.5, 0.6) is 0 Å². The van der Waals surface area contributed by atoms with Crippen LogP contribution < -0.4 is 61.4 Å². The van der Waals surface area contributed by atoms with Crippen LogP contribution >= 0.6 is 0 Å². The summed E-state index contributed by atoms with van der Waals surface area (Å²) >= 11 is 0. The van der Waals surface area contributed by atoms with Gasteiger partial charge in [-0.3, -0.25) is 9.59 Å². The molecule has 6 heteroatoms. The van der Waals surface area contributed by atoms with Crippen LogP contribution in [0.15, 0.2) is 48.5 Å². The van der Waals surface area contributed by atoms with Gasteiger partial charge >= 0.3 is 51.4 Å². The predicted octanol–water partition coefficient (Wildman–Crippen LogP) is -2.15. The molecule has 0 N–H and O–H groups in total. The molecule has 2 aromatic carbocycles. The molecular formula is C15H8KNO4. The van der Waals surface area contributed by atoms with Gasteiger partial charge in [-0.15, -0.1) is 0 Å². The second-order valence-electron chi connectivity index (χ2n) is 4.33. The zero-order chi connectivity index (χ0) is 14.3. The Morgan fingerprint density at radius 1 is 0.857 bits per heavy atom. The molecule has 0 bridgehead atoms. The van der Waals surface area contributed by atoms with E-state index in [1.807, 2.05) is 0 Å². The Balaban J connectivity index is 0.00000161. The zero-order valence-electron chi connectivity index (χ0n) is 11.2. The predicted molar refractivity (Wildman–Crippen MR) is 68.4 cm³/mol. The van der Waals surface area contributed by atoms with Crippen molar-refractivity contribution < 1.29 is 70.9 Å². The third-order valence-corrected chi connectivity index (χ3v) is 3.16. The number of amides is 2. The third-order valence-electron chi connectivity index (χ3n) is 3.16. The van der Waals surface area contributed by atoms with Gasteiger partial charge < -0.3 is 9.90 Å². The van der Waals surface area contributed by atoms with Crippen molar-refractivity contribution in [3.05, 3.63) is 65.2 Å². The topological polar surface area (TPSA) is 77.5 Å². The van der Waals surface area contributed by atoms with Gasteiger partial charge in [0.15, 0.2) is 0 Å². The minimum atomic E-state index is -1.31. The molecule has 2 amide bonds. The van der Waals surface area contributed by atoms with Crippen LogP contribution in [0, 0.1) is 0 Å². The van der Waals surface area contributed by atoms with E-state index in [-0.39, 0.29) is 56.9 Å². The molecule has 0 aliphatic carbocycles. The van der Waals surface area contributed by atoms with Gasteiger partial charge in [-0.25, -0.2) is 4.90 Å². The minimum Gasteiger partial charge on any atom is -0.545 e. The molecule has 0 saturated heterocycles. The van der Waals surface area contributed by atoms with Crippen molar-refractivity contribution in [2.75, 3.05) is 4.90 Å². The van der Waals surface area contributed by atoms with Crippen molar-refractivity contribution in [3.63, 3.8) is 0 Å². The summed E-state index contributed by atoms with van der Waals surface area (Å²) in [5.41, 5.74) is 1.02. The standard InChI is InChI=1S/C15H9NO4.K/c17-13-11-3-1-2-4-12(11)14(18)16(13)10-7-5-9(6-8-10)15(19)20;/h1-8H,(H,19,20);/q;+1/p-1. The van der Waals surface area contributed by atoms with E-state index in [4.69, 9.17) is 0 Å². The molecule has 5 nitrogen and oxygen atoms in total. The fourth-order valence-electron chi connectivity index (χ4n) is 2.17. The first-order chi connectivity index (χ1) is 9.59. The van der Waals surface area contributed by atoms with Crippen LogP contribution in [0.4, 0.5) is 5.69 Å². The van der Waals surface area contributed by atoms with Crippen molar-refractivity contribution in [2.24, 2.45) is 0 Å². The zero-order valence-corrected chi connectivity index (χ0v) is 14.3. The monoisotopic (exact) mass is 305 g/mol. The molecule has 0 unspecified atom stereocenters. The molecule has 1 heterocycles. The van der Waals surface area contributed by atoms with E-state index in [9.17, 15) is 19.5 Å². The molecular weight excluding hydrogens is 297 g/mol. The Morgan fingerprint density at radius 2 is 1.33 bits per heavy atom. The Morgan fingerprint density at radius 3 is 1.76 bits per heavy atom. The first-order valence-electron chi connectivity index (χ1n) is 5.89. The number of fused-ring (bicyclic) bond motifs is 1. The number of nitrogens with zero attached hydrogens (tertiary/aromatic N) is 1. The first-order valence-corrected chi connectivity index (χ1v) is 5.89. The number of rotatable bonds is 2. The van der Waals surface area contributed by atoms with Gasteiger partial charge in [-0.1, -0.05) is 24.3 Å². The number of benzene rings is 2. The number of carbonyl (C=O) groups excluding carboxylic acids is 3. The SMILES string of the molecule is O=C([O-])c1ccc(N2C(=O)c3ccccc3C2=O)cc1.[K+]. The van der Waals surface area contributed by atoms with Gasteiger partial charge in [0, 0.05) is 0 Å². The van der Waals surface area contributed by atoms with Crippen molar-refractivity contribution in [1.82, 2.24) is 0 Å². The van der Waals surface area contributed by atoms with Crippen molar-refractivity contribution >= 4 is 23.5 Å². The molecule has 3 rings (SSSR count). The molecule has 1 aliphatic heterocycles. The van der Waals surface area contributed by atoms with Crippen LogP contribution in [0.1, 0.15) is 31.1 Å². The third kappa shape index (κ3) is 2.73. The average Bonchev–Trinajstić information content (AvgIpc) is 2.72. The molecule has 1 aliphatic rings. The number of hydrogen-bond donors (Lipinski definition) is 0. The van der Waals surface area contributed by atoms with Gasteiger partial charge in [0.05, 0.1) is 22.8 Å². The summed E-state index contributed by atoms with van der Waals surface area (Å²) in [5, 5.41) is 10.7. The van der Waals surface area contributed by atoms with Crippen molar-refractivity contribution in [3.8, 4) is 0 Å². The van der Waals surface area contributed by atoms with Crippen molar-refractivity contribution in [2.45, 2.75) is 0 Å². The Hall–Kier alpha value is -1.31. The number of carboxylic acid groups (broad SMARTS) is 1. The number of aromatic carboxylic acids is 1. The molecule has 0 atom stereocenters. The maximum absolute atomic E-state index is 12.2. The van der Waals surface area contributed by atoms with Crippen LogP contribution in [-0.2, 0) is 0 Å². The Bertz CT molecular complexity index is 705. The maximum Gasteiger partial charge on any atom is 1.00 e. The molecule has 0 fully saturated rings. The quantitative estimate of drug-likeness (QED) is 0.468. The van der Waals surface area contributed by atoms with E-state index in [0.717, 1.165) is 4.90 Å². The summed E-state index contributed by atoms with van der Waals surface area (Å²) in [5.74, 6) is -2.13.